The van der Waals surface area contributed by atoms with Crippen LogP contribution in [-0.2, 0) is 0 Å². The Morgan fingerprint density at radius 2 is 1.11 bits per heavy atom. The van der Waals surface area contributed by atoms with Gasteiger partial charge in [0, 0.05) is 0 Å². The van der Waals surface area contributed by atoms with E-state index in [0.29, 0.717) is 0 Å². The van der Waals surface area contributed by atoms with Gasteiger partial charge in [0.15, 0.2) is 0 Å². The second kappa shape index (κ2) is 23.3. The molecule has 0 aromatic rings. The van der Waals surface area contributed by atoms with Gasteiger partial charge in [0.25, 0.3) is 0 Å². The lowest BCUT2D eigenvalue weighted by atomic mass is 10.1. The summed E-state index contributed by atoms with van der Waals surface area (Å²) in [6.07, 6.45) is 14.7. The Labute approximate surface area is 128 Å². The van der Waals surface area contributed by atoms with Crippen molar-refractivity contribution in [3.8, 4) is 0 Å². The molecule has 19 heavy (non-hydrogen) atoms. The van der Waals surface area contributed by atoms with Crippen LogP contribution in [0.1, 0.15) is 91.4 Å². The van der Waals surface area contributed by atoms with E-state index in [-0.39, 0.29) is 18.5 Å². The van der Waals surface area contributed by atoms with Crippen LogP contribution in [0.25, 0.3) is 0 Å². The van der Waals surface area contributed by atoms with Crippen molar-refractivity contribution < 1.29 is 5.11 Å². The Bertz CT molecular complexity index is 122. The van der Waals surface area contributed by atoms with Gasteiger partial charge in [-0.3, -0.25) is 0 Å². The second-order valence-electron chi connectivity index (χ2n) is 5.23. The number of aliphatic hydroxyl groups is 1. The first-order chi connectivity index (χ1) is 8.68. The van der Waals surface area contributed by atoms with Crippen LogP contribution in [0.2, 0.25) is 0 Å². The smallest absolute Gasteiger partial charge is 0.0509 e. The SMILES string of the molecule is CCC(C)O.CCCCCCCCCCCCN.Cl. The first-order valence-corrected chi connectivity index (χ1v) is 8.07. The van der Waals surface area contributed by atoms with Crippen molar-refractivity contribution in [2.75, 3.05) is 6.54 Å². The van der Waals surface area contributed by atoms with E-state index in [4.69, 9.17) is 10.8 Å². The van der Waals surface area contributed by atoms with Gasteiger partial charge in [0.1, 0.15) is 0 Å². The molecule has 0 radical (unpaired) electrons. The highest BCUT2D eigenvalue weighted by molar-refractivity contribution is 5.85. The summed E-state index contributed by atoms with van der Waals surface area (Å²) >= 11 is 0. The second-order valence-corrected chi connectivity index (χ2v) is 5.23. The van der Waals surface area contributed by atoms with E-state index in [1.54, 1.807) is 6.92 Å². The summed E-state index contributed by atoms with van der Waals surface area (Å²) in [6, 6.07) is 0. The first-order valence-electron chi connectivity index (χ1n) is 8.07. The van der Waals surface area contributed by atoms with E-state index in [0.717, 1.165) is 13.0 Å². The molecular formula is C16H38ClNO. The summed E-state index contributed by atoms with van der Waals surface area (Å²) in [5.41, 5.74) is 5.42. The van der Waals surface area contributed by atoms with Gasteiger partial charge in [0.2, 0.25) is 0 Å². The molecule has 0 aromatic carbocycles. The van der Waals surface area contributed by atoms with Crippen LogP contribution in [0.4, 0.5) is 0 Å². The highest BCUT2D eigenvalue weighted by Gasteiger charge is 1.91. The molecule has 3 heteroatoms. The molecule has 0 bridgehead atoms. The number of hydrogen-bond donors (Lipinski definition) is 2. The standard InChI is InChI=1S/C12H27N.C4H10O.ClH/c1-2-3-4-5-6-7-8-9-10-11-12-13;1-3-4(2)5;/h2-13H2,1H3;4-5H,3H2,1-2H3;1H. The molecule has 0 aromatic heterocycles. The van der Waals surface area contributed by atoms with Gasteiger partial charge in [-0.15, -0.1) is 12.4 Å². The van der Waals surface area contributed by atoms with Crippen molar-refractivity contribution >= 4 is 12.4 Å². The molecule has 0 aliphatic carbocycles. The zero-order valence-electron chi connectivity index (χ0n) is 13.5. The quantitative estimate of drug-likeness (QED) is 0.523. The van der Waals surface area contributed by atoms with Gasteiger partial charge in [-0.2, -0.15) is 0 Å². The minimum absolute atomic E-state index is 0. The lowest BCUT2D eigenvalue weighted by Crippen LogP contribution is -1.97. The summed E-state index contributed by atoms with van der Waals surface area (Å²) in [7, 11) is 0. The molecule has 0 heterocycles. The predicted molar refractivity (Wildman–Crippen MR) is 90.1 cm³/mol. The minimum Gasteiger partial charge on any atom is -0.393 e. The molecule has 0 aliphatic rings. The van der Waals surface area contributed by atoms with Gasteiger partial charge in [-0.25, -0.2) is 0 Å². The van der Waals surface area contributed by atoms with Gasteiger partial charge >= 0.3 is 0 Å². The predicted octanol–water partition coefficient (Wildman–Crippen LogP) is 5.07. The molecule has 3 N–H and O–H groups in total. The zero-order chi connectivity index (χ0) is 14.1. The van der Waals surface area contributed by atoms with Crippen molar-refractivity contribution in [3.05, 3.63) is 0 Å². The topological polar surface area (TPSA) is 46.2 Å². The van der Waals surface area contributed by atoms with Crippen LogP contribution >= 0.6 is 12.4 Å². The summed E-state index contributed by atoms with van der Waals surface area (Å²) in [5, 5.41) is 8.36. The molecule has 0 aliphatic heterocycles. The van der Waals surface area contributed by atoms with E-state index in [2.05, 4.69) is 6.92 Å². The number of unbranched alkanes of at least 4 members (excludes halogenated alkanes) is 9. The lowest BCUT2D eigenvalue weighted by Gasteiger charge is -2.00. The van der Waals surface area contributed by atoms with E-state index in [9.17, 15) is 0 Å². The highest BCUT2D eigenvalue weighted by Crippen LogP contribution is 2.09. The minimum atomic E-state index is -0.116. The zero-order valence-corrected chi connectivity index (χ0v) is 14.3. The Balaban J connectivity index is -0.000000366. The molecule has 0 saturated heterocycles. The molecular weight excluding hydrogens is 258 g/mol. The summed E-state index contributed by atoms with van der Waals surface area (Å²) in [4.78, 5) is 0. The maximum atomic E-state index is 8.36. The van der Waals surface area contributed by atoms with Crippen molar-refractivity contribution in [2.45, 2.75) is 97.5 Å². The summed E-state index contributed by atoms with van der Waals surface area (Å²) in [6.45, 7) is 6.87. The Morgan fingerprint density at radius 1 is 0.789 bits per heavy atom. The fraction of sp³-hybridized carbons (Fsp3) is 1.00. The number of hydrogen-bond acceptors (Lipinski definition) is 2. The van der Waals surface area contributed by atoms with Crippen molar-refractivity contribution in [3.63, 3.8) is 0 Å². The molecule has 0 rings (SSSR count). The van der Waals surface area contributed by atoms with Crippen molar-refractivity contribution in [2.24, 2.45) is 5.73 Å². The number of nitrogens with two attached hydrogens (primary N) is 1. The third kappa shape index (κ3) is 32.1. The van der Waals surface area contributed by atoms with Crippen LogP contribution in [0.15, 0.2) is 0 Å². The number of rotatable bonds is 11. The summed E-state index contributed by atoms with van der Waals surface area (Å²) < 4.78 is 0. The van der Waals surface area contributed by atoms with Crippen molar-refractivity contribution in [1.29, 1.82) is 0 Å². The van der Waals surface area contributed by atoms with E-state index < -0.39 is 0 Å². The maximum Gasteiger partial charge on any atom is 0.0509 e. The molecule has 120 valence electrons. The molecule has 0 amide bonds. The molecule has 0 saturated carbocycles. The van der Waals surface area contributed by atoms with Crippen LogP contribution in [0, 0.1) is 0 Å². The van der Waals surface area contributed by atoms with E-state index >= 15 is 0 Å². The number of halogens is 1. The average Bonchev–Trinajstić information content (AvgIpc) is 2.37. The van der Waals surface area contributed by atoms with Gasteiger partial charge in [-0.1, -0.05) is 71.6 Å². The highest BCUT2D eigenvalue weighted by atomic mass is 35.5. The number of aliphatic hydroxyl groups excluding tert-OH is 1. The third-order valence-electron chi connectivity index (χ3n) is 3.15. The average molecular weight is 296 g/mol. The maximum absolute atomic E-state index is 8.36. The Morgan fingerprint density at radius 3 is 1.37 bits per heavy atom. The fourth-order valence-electron chi connectivity index (χ4n) is 1.63. The third-order valence-corrected chi connectivity index (χ3v) is 3.15. The van der Waals surface area contributed by atoms with Gasteiger partial charge in [0.05, 0.1) is 6.10 Å². The molecule has 0 fully saturated rings. The van der Waals surface area contributed by atoms with Gasteiger partial charge < -0.3 is 10.8 Å². The summed E-state index contributed by atoms with van der Waals surface area (Å²) in [5.74, 6) is 0. The Kier molecular flexibility index (Phi) is 29.7. The monoisotopic (exact) mass is 295 g/mol. The fourth-order valence-corrected chi connectivity index (χ4v) is 1.63. The van der Waals surface area contributed by atoms with E-state index in [1.165, 1.54) is 64.2 Å². The largest absolute Gasteiger partial charge is 0.393 e. The van der Waals surface area contributed by atoms with Gasteiger partial charge in [-0.05, 0) is 26.3 Å². The molecule has 1 atom stereocenters. The van der Waals surface area contributed by atoms with Crippen LogP contribution < -0.4 is 5.73 Å². The Hall–Kier alpha value is 0.210. The first kappa shape index (κ1) is 24.2. The molecule has 0 spiro atoms. The van der Waals surface area contributed by atoms with Crippen LogP contribution in [-0.4, -0.2) is 17.8 Å². The lowest BCUT2D eigenvalue weighted by molar-refractivity contribution is 0.191. The van der Waals surface area contributed by atoms with Crippen LogP contribution in [0.3, 0.4) is 0 Å². The normalized spacial score (nSPS) is 11.2. The van der Waals surface area contributed by atoms with Crippen LogP contribution in [0.5, 0.6) is 0 Å². The van der Waals surface area contributed by atoms with E-state index in [1.807, 2.05) is 6.92 Å². The molecule has 2 nitrogen and oxygen atoms in total. The van der Waals surface area contributed by atoms with Crippen molar-refractivity contribution in [1.82, 2.24) is 0 Å². The molecule has 1 unspecified atom stereocenters.